The first-order valence-electron chi connectivity index (χ1n) is 16.8. The molecule has 1 aliphatic rings. The van der Waals surface area contributed by atoms with Crippen LogP contribution in [0, 0.1) is 0 Å². The van der Waals surface area contributed by atoms with Crippen molar-refractivity contribution in [2.45, 2.75) is 65.1 Å². The zero-order chi connectivity index (χ0) is 32.0. The number of hydrogen-bond acceptors (Lipinski definition) is 9. The molecule has 2 aromatic carbocycles. The van der Waals surface area contributed by atoms with E-state index in [0.29, 0.717) is 44.7 Å². The van der Waals surface area contributed by atoms with Gasteiger partial charge >= 0.3 is 6.03 Å². The molecule has 2 aromatic heterocycles. The summed E-state index contributed by atoms with van der Waals surface area (Å²) in [6.45, 7) is 11.4. The molecule has 246 valence electrons. The minimum Gasteiger partial charge on any atom is -0.352 e. The highest BCUT2D eigenvalue weighted by Gasteiger charge is 2.24. The molecule has 0 radical (unpaired) electrons. The Labute approximate surface area is 272 Å². The van der Waals surface area contributed by atoms with E-state index in [-0.39, 0.29) is 6.03 Å². The molecular weight excluding hydrogens is 578 g/mol. The van der Waals surface area contributed by atoms with Crippen LogP contribution in [0.4, 0.5) is 22.2 Å². The Balaban J connectivity index is 1.07. The maximum absolute atomic E-state index is 12.8. The molecule has 12 heteroatoms. The van der Waals surface area contributed by atoms with Gasteiger partial charge in [0.1, 0.15) is 11.5 Å². The summed E-state index contributed by atoms with van der Waals surface area (Å²) in [5.74, 6) is 1.42. The first kappa shape index (κ1) is 33.1. The van der Waals surface area contributed by atoms with Gasteiger partial charge in [-0.2, -0.15) is 4.98 Å². The summed E-state index contributed by atoms with van der Waals surface area (Å²) >= 11 is 0. The van der Waals surface area contributed by atoms with Gasteiger partial charge in [-0.05, 0) is 69.6 Å². The lowest BCUT2D eigenvalue weighted by atomic mass is 10.1. The second kappa shape index (κ2) is 17.4. The Kier molecular flexibility index (Phi) is 12.5. The van der Waals surface area contributed by atoms with Gasteiger partial charge in [-0.3, -0.25) is 4.68 Å². The van der Waals surface area contributed by atoms with Crippen molar-refractivity contribution in [3.8, 4) is 0 Å². The highest BCUT2D eigenvalue weighted by atomic mass is 16.2. The molecule has 3 heterocycles. The number of rotatable bonds is 17. The third kappa shape index (κ3) is 9.60. The molecule has 1 fully saturated rings. The van der Waals surface area contributed by atoms with Gasteiger partial charge in [-0.15, -0.1) is 5.10 Å². The topological polar surface area (TPSA) is 128 Å². The summed E-state index contributed by atoms with van der Waals surface area (Å²) < 4.78 is 1.90. The third-order valence-electron chi connectivity index (χ3n) is 8.32. The Morgan fingerprint density at radius 3 is 2.50 bits per heavy atom. The molecule has 4 N–H and O–H groups in total. The van der Waals surface area contributed by atoms with Crippen molar-refractivity contribution < 1.29 is 4.79 Å². The van der Waals surface area contributed by atoms with E-state index in [4.69, 9.17) is 9.97 Å². The maximum Gasteiger partial charge on any atom is 0.321 e. The minimum atomic E-state index is -0.0825. The number of carbonyl (C=O) groups excluding carboxylic acids is 1. The number of urea groups is 1. The predicted molar refractivity (Wildman–Crippen MR) is 185 cm³/mol. The molecule has 4 aromatic rings. The lowest BCUT2D eigenvalue weighted by Gasteiger charge is -2.35. The number of benzene rings is 2. The number of carbonyl (C=O) groups is 1. The molecule has 12 nitrogen and oxygen atoms in total. The lowest BCUT2D eigenvalue weighted by molar-refractivity contribution is 0.208. The third-order valence-corrected chi connectivity index (χ3v) is 8.32. The van der Waals surface area contributed by atoms with Crippen molar-refractivity contribution in [3.05, 3.63) is 66.5 Å². The largest absolute Gasteiger partial charge is 0.352 e. The van der Waals surface area contributed by atoms with E-state index >= 15 is 0 Å². The van der Waals surface area contributed by atoms with Crippen molar-refractivity contribution in [2.24, 2.45) is 0 Å². The van der Waals surface area contributed by atoms with E-state index in [1.54, 1.807) is 0 Å². The second-order valence-corrected chi connectivity index (χ2v) is 11.8. The molecule has 1 atom stereocenters. The number of nitrogens with one attached hydrogen (secondary N) is 4. The number of amides is 2. The summed E-state index contributed by atoms with van der Waals surface area (Å²) in [6.07, 6.45) is 7.81. The second-order valence-electron chi connectivity index (χ2n) is 11.8. The Bertz CT molecular complexity index is 1490. The maximum atomic E-state index is 12.8. The van der Waals surface area contributed by atoms with E-state index < -0.39 is 0 Å². The van der Waals surface area contributed by atoms with Gasteiger partial charge < -0.3 is 31.1 Å². The van der Waals surface area contributed by atoms with Crippen molar-refractivity contribution in [2.75, 3.05) is 61.3 Å². The average molecular weight is 628 g/mol. The number of nitrogens with zero attached hydrogens (tertiary/aromatic N) is 7. The highest BCUT2D eigenvalue weighted by Crippen LogP contribution is 2.26. The van der Waals surface area contributed by atoms with E-state index in [1.165, 1.54) is 19.3 Å². The van der Waals surface area contributed by atoms with Crippen molar-refractivity contribution in [1.82, 2.24) is 40.5 Å². The van der Waals surface area contributed by atoms with Crippen LogP contribution < -0.4 is 26.2 Å². The summed E-state index contributed by atoms with van der Waals surface area (Å²) in [5.41, 5.74) is 2.51. The minimum absolute atomic E-state index is 0.0825. The fourth-order valence-corrected chi connectivity index (χ4v) is 5.73. The quantitative estimate of drug-likeness (QED) is 0.123. The Hall–Kier alpha value is -4.29. The smallest absolute Gasteiger partial charge is 0.321 e. The van der Waals surface area contributed by atoms with Gasteiger partial charge in [0.15, 0.2) is 0 Å². The van der Waals surface area contributed by atoms with Crippen molar-refractivity contribution >= 4 is 34.4 Å². The number of aromatic nitrogens is 5. The average Bonchev–Trinajstić information content (AvgIpc) is 3.55. The van der Waals surface area contributed by atoms with Crippen LogP contribution in [0.2, 0.25) is 0 Å². The summed E-state index contributed by atoms with van der Waals surface area (Å²) in [5, 5.41) is 23.2. The van der Waals surface area contributed by atoms with Crippen LogP contribution in [-0.4, -0.2) is 87.7 Å². The predicted octanol–water partition coefficient (Wildman–Crippen LogP) is 4.73. The molecule has 46 heavy (non-hydrogen) atoms. The number of anilines is 3. The van der Waals surface area contributed by atoms with Gasteiger partial charge in [0.25, 0.3) is 0 Å². The van der Waals surface area contributed by atoms with Gasteiger partial charge in [0, 0.05) is 49.8 Å². The summed E-state index contributed by atoms with van der Waals surface area (Å²) in [4.78, 5) is 26.6. The SMILES string of the molecule is CCCC(CC)NCCCNCCCn1cc(CNc2nc(N3CCN(C(=O)Nc4ccccc4)CC3)c3ccccc3n2)nn1. The molecule has 0 saturated carbocycles. The van der Waals surface area contributed by atoms with Crippen LogP contribution >= 0.6 is 0 Å². The Morgan fingerprint density at radius 2 is 1.70 bits per heavy atom. The molecule has 1 aliphatic heterocycles. The number of hydrogen-bond donors (Lipinski definition) is 4. The molecule has 0 bridgehead atoms. The zero-order valence-electron chi connectivity index (χ0n) is 27.3. The van der Waals surface area contributed by atoms with Crippen LogP contribution in [0.1, 0.15) is 51.6 Å². The van der Waals surface area contributed by atoms with Crippen LogP contribution in [0.5, 0.6) is 0 Å². The van der Waals surface area contributed by atoms with Crippen LogP contribution in [0.25, 0.3) is 10.9 Å². The summed E-state index contributed by atoms with van der Waals surface area (Å²) in [6, 6.07) is 18.2. The van der Waals surface area contributed by atoms with Gasteiger partial charge in [-0.25, -0.2) is 9.78 Å². The molecular formula is C34H49N11O. The van der Waals surface area contributed by atoms with Gasteiger partial charge in [0.2, 0.25) is 5.95 Å². The standard InChI is InChI=1S/C34H49N11O/c1-3-12-27(4-2)36-19-10-17-35-18-11-20-45-26-29(41-42-45)25-37-33-39-31-16-9-8-15-30(31)32(40-33)43-21-23-44(24-22-43)34(46)38-28-13-6-5-7-14-28/h5-9,13-16,26-27,35-36H,3-4,10-12,17-25H2,1-2H3,(H,38,46)(H,37,39,40). The van der Waals surface area contributed by atoms with E-state index in [2.05, 4.69) is 56.4 Å². The molecule has 2 amide bonds. The van der Waals surface area contributed by atoms with Crippen molar-refractivity contribution in [1.29, 1.82) is 0 Å². The summed E-state index contributed by atoms with van der Waals surface area (Å²) in [7, 11) is 0. The first-order chi connectivity index (χ1) is 22.6. The molecule has 0 spiro atoms. The Morgan fingerprint density at radius 1 is 0.913 bits per heavy atom. The van der Waals surface area contributed by atoms with E-state index in [9.17, 15) is 4.79 Å². The molecule has 0 aliphatic carbocycles. The fraction of sp³-hybridized carbons (Fsp3) is 0.500. The van der Waals surface area contributed by atoms with Gasteiger partial charge in [0.05, 0.1) is 18.3 Å². The zero-order valence-corrected chi connectivity index (χ0v) is 27.3. The van der Waals surface area contributed by atoms with E-state index in [1.807, 2.05) is 64.3 Å². The fourth-order valence-electron chi connectivity index (χ4n) is 5.73. The number of piperazine rings is 1. The van der Waals surface area contributed by atoms with Crippen molar-refractivity contribution in [3.63, 3.8) is 0 Å². The molecule has 1 saturated heterocycles. The first-order valence-corrected chi connectivity index (χ1v) is 16.8. The lowest BCUT2D eigenvalue weighted by Crippen LogP contribution is -2.50. The highest BCUT2D eigenvalue weighted by molar-refractivity contribution is 5.91. The monoisotopic (exact) mass is 627 g/mol. The van der Waals surface area contributed by atoms with Crippen LogP contribution in [0.15, 0.2) is 60.8 Å². The molecule has 5 rings (SSSR count). The number of fused-ring (bicyclic) bond motifs is 1. The normalized spacial score (nSPS) is 14.0. The van der Waals surface area contributed by atoms with E-state index in [0.717, 1.165) is 67.1 Å². The molecule has 1 unspecified atom stereocenters. The number of aryl methyl sites for hydroxylation is 1. The van der Waals surface area contributed by atoms with Crippen LogP contribution in [-0.2, 0) is 13.1 Å². The van der Waals surface area contributed by atoms with Gasteiger partial charge in [-0.1, -0.05) is 55.8 Å². The number of para-hydroxylation sites is 2. The van der Waals surface area contributed by atoms with Crippen LogP contribution in [0.3, 0.4) is 0 Å².